The molecule has 0 bridgehead atoms. The summed E-state index contributed by atoms with van der Waals surface area (Å²) in [5.74, 6) is -0.310. The van der Waals surface area contributed by atoms with Gasteiger partial charge in [-0.2, -0.15) is 0 Å². The molecule has 3 nitrogen and oxygen atoms in total. The average Bonchev–Trinajstić information content (AvgIpc) is 2.30. The summed E-state index contributed by atoms with van der Waals surface area (Å²) in [7, 11) is 0. The molecular formula is C10H14O3. The van der Waals surface area contributed by atoms with Gasteiger partial charge in [0.25, 0.3) is 0 Å². The average molecular weight is 182 g/mol. The Morgan fingerprint density at radius 1 is 1.85 bits per heavy atom. The predicted molar refractivity (Wildman–Crippen MR) is 49.1 cm³/mol. The molecule has 1 heterocycles. The Morgan fingerprint density at radius 2 is 2.54 bits per heavy atom. The number of aliphatic hydroxyl groups is 1. The minimum absolute atomic E-state index is 0.0605. The molecule has 1 aliphatic rings. The highest BCUT2D eigenvalue weighted by molar-refractivity contribution is 5.90. The molecule has 0 aromatic rings. The largest absolute Gasteiger partial charge is 0.459 e. The van der Waals surface area contributed by atoms with Crippen LogP contribution in [0.4, 0.5) is 0 Å². The number of esters is 1. The van der Waals surface area contributed by atoms with Crippen LogP contribution in [0.1, 0.15) is 19.8 Å². The van der Waals surface area contributed by atoms with Crippen molar-refractivity contribution in [3.05, 3.63) is 24.3 Å². The molecule has 72 valence electrons. The number of carbonyl (C=O) groups excluding carboxylic acids is 1. The van der Waals surface area contributed by atoms with Crippen LogP contribution in [0.5, 0.6) is 0 Å². The van der Waals surface area contributed by atoms with E-state index < -0.39 is 6.10 Å². The maximum Gasteiger partial charge on any atom is 0.334 e. The van der Waals surface area contributed by atoms with E-state index in [-0.39, 0.29) is 12.1 Å². The molecule has 1 rings (SSSR count). The fourth-order valence-corrected chi connectivity index (χ4v) is 1.30. The summed E-state index contributed by atoms with van der Waals surface area (Å²) in [6.07, 6.45) is 3.54. The van der Waals surface area contributed by atoms with Crippen LogP contribution in [0.25, 0.3) is 0 Å². The number of aliphatic hydroxyl groups excluding tert-OH is 1. The summed E-state index contributed by atoms with van der Waals surface area (Å²) < 4.78 is 4.91. The summed E-state index contributed by atoms with van der Waals surface area (Å²) in [5, 5.41) is 9.36. The van der Waals surface area contributed by atoms with Crippen LogP contribution in [-0.2, 0) is 9.53 Å². The summed E-state index contributed by atoms with van der Waals surface area (Å²) in [5.41, 5.74) is 0.571. The van der Waals surface area contributed by atoms with Gasteiger partial charge in [-0.05, 0) is 19.4 Å². The molecule has 0 spiro atoms. The molecule has 0 unspecified atom stereocenters. The Morgan fingerprint density at radius 3 is 3.00 bits per heavy atom. The van der Waals surface area contributed by atoms with Crippen LogP contribution in [0.2, 0.25) is 0 Å². The van der Waals surface area contributed by atoms with E-state index in [1.165, 1.54) is 0 Å². The van der Waals surface area contributed by atoms with E-state index in [0.717, 1.165) is 0 Å². The summed E-state index contributed by atoms with van der Waals surface area (Å²) in [6, 6.07) is 0. The van der Waals surface area contributed by atoms with Gasteiger partial charge in [-0.3, -0.25) is 0 Å². The van der Waals surface area contributed by atoms with Gasteiger partial charge in [0.2, 0.25) is 0 Å². The Labute approximate surface area is 77.7 Å². The van der Waals surface area contributed by atoms with Gasteiger partial charge in [0.1, 0.15) is 6.10 Å². The quantitative estimate of drug-likeness (QED) is 0.405. The maximum atomic E-state index is 11.1. The highest BCUT2D eigenvalue weighted by Crippen LogP contribution is 2.20. The molecule has 1 aliphatic heterocycles. The first-order valence-corrected chi connectivity index (χ1v) is 4.34. The van der Waals surface area contributed by atoms with Crippen molar-refractivity contribution >= 4 is 5.97 Å². The normalized spacial score (nSPS) is 27.4. The first-order chi connectivity index (χ1) is 6.13. The van der Waals surface area contributed by atoms with Crippen LogP contribution < -0.4 is 0 Å². The van der Waals surface area contributed by atoms with Crippen LogP contribution in [-0.4, -0.2) is 23.3 Å². The number of cyclic esters (lactones) is 1. The van der Waals surface area contributed by atoms with Crippen molar-refractivity contribution in [1.82, 2.24) is 0 Å². The van der Waals surface area contributed by atoms with E-state index in [0.29, 0.717) is 18.4 Å². The minimum atomic E-state index is -0.620. The van der Waals surface area contributed by atoms with Crippen molar-refractivity contribution in [3.63, 3.8) is 0 Å². The van der Waals surface area contributed by atoms with Gasteiger partial charge < -0.3 is 9.84 Å². The van der Waals surface area contributed by atoms with Crippen molar-refractivity contribution in [3.8, 4) is 0 Å². The highest BCUT2D eigenvalue weighted by atomic mass is 16.5. The molecule has 1 fully saturated rings. The molecule has 3 heteroatoms. The van der Waals surface area contributed by atoms with Crippen LogP contribution in [0.15, 0.2) is 24.3 Å². The lowest BCUT2D eigenvalue weighted by Gasteiger charge is -2.00. The second kappa shape index (κ2) is 4.23. The molecule has 2 atom stereocenters. The van der Waals surface area contributed by atoms with Crippen molar-refractivity contribution in [1.29, 1.82) is 0 Å². The summed E-state index contributed by atoms with van der Waals surface area (Å²) >= 11 is 0. The van der Waals surface area contributed by atoms with Gasteiger partial charge in [0.15, 0.2) is 0 Å². The standard InChI is InChI=1S/C10H14O3/c1-3-4-9(11)6-8-5-7(2)13-10(8)12/h3,6-7,9,11H,1,4-5H2,2H3/b8-6+/t7-,9+/m0/s1. The third-order valence-corrected chi connectivity index (χ3v) is 1.88. The number of hydrogen-bond donors (Lipinski definition) is 1. The van der Waals surface area contributed by atoms with Crippen LogP contribution in [0.3, 0.4) is 0 Å². The van der Waals surface area contributed by atoms with E-state index >= 15 is 0 Å². The first kappa shape index (κ1) is 9.99. The van der Waals surface area contributed by atoms with E-state index in [2.05, 4.69) is 6.58 Å². The minimum Gasteiger partial charge on any atom is -0.459 e. The Kier molecular flexibility index (Phi) is 3.25. The molecule has 13 heavy (non-hydrogen) atoms. The zero-order valence-corrected chi connectivity index (χ0v) is 7.69. The fraction of sp³-hybridized carbons (Fsp3) is 0.500. The number of carbonyl (C=O) groups is 1. The first-order valence-electron chi connectivity index (χ1n) is 4.34. The molecule has 0 aromatic heterocycles. The monoisotopic (exact) mass is 182 g/mol. The van der Waals surface area contributed by atoms with Gasteiger partial charge in [0.05, 0.1) is 6.10 Å². The predicted octanol–water partition coefficient (Wildman–Crippen LogP) is 1.19. The van der Waals surface area contributed by atoms with Gasteiger partial charge in [-0.1, -0.05) is 6.08 Å². The molecule has 1 saturated heterocycles. The summed E-state index contributed by atoms with van der Waals surface area (Å²) in [6.45, 7) is 5.34. The zero-order chi connectivity index (χ0) is 9.84. The molecular weight excluding hydrogens is 168 g/mol. The maximum absolute atomic E-state index is 11.1. The smallest absolute Gasteiger partial charge is 0.334 e. The topological polar surface area (TPSA) is 46.5 Å². The zero-order valence-electron chi connectivity index (χ0n) is 7.69. The highest BCUT2D eigenvalue weighted by Gasteiger charge is 2.25. The molecule has 0 aliphatic carbocycles. The van der Waals surface area contributed by atoms with Crippen molar-refractivity contribution < 1.29 is 14.6 Å². The van der Waals surface area contributed by atoms with Crippen molar-refractivity contribution in [2.45, 2.75) is 32.0 Å². The SMILES string of the molecule is C=CC[C@@H](O)/C=C1\C[C@H](C)OC1=O. The Hall–Kier alpha value is -1.09. The lowest BCUT2D eigenvalue weighted by molar-refractivity contribution is -0.138. The van der Waals surface area contributed by atoms with Gasteiger partial charge >= 0.3 is 5.97 Å². The number of ether oxygens (including phenoxy) is 1. The van der Waals surface area contributed by atoms with E-state index in [9.17, 15) is 9.90 Å². The van der Waals surface area contributed by atoms with E-state index in [1.807, 2.05) is 6.92 Å². The van der Waals surface area contributed by atoms with Gasteiger partial charge in [-0.25, -0.2) is 4.79 Å². The molecule has 0 amide bonds. The fourth-order valence-electron chi connectivity index (χ4n) is 1.30. The number of rotatable bonds is 3. The van der Waals surface area contributed by atoms with Gasteiger partial charge in [0, 0.05) is 12.0 Å². The molecule has 0 radical (unpaired) electrons. The lowest BCUT2D eigenvalue weighted by atomic mass is 10.1. The van der Waals surface area contributed by atoms with Gasteiger partial charge in [-0.15, -0.1) is 6.58 Å². The number of hydrogen-bond acceptors (Lipinski definition) is 3. The lowest BCUT2D eigenvalue weighted by Crippen LogP contribution is -2.04. The van der Waals surface area contributed by atoms with Crippen LogP contribution >= 0.6 is 0 Å². The van der Waals surface area contributed by atoms with Crippen LogP contribution in [0, 0.1) is 0 Å². The van der Waals surface area contributed by atoms with Crippen molar-refractivity contribution in [2.75, 3.05) is 0 Å². The van der Waals surface area contributed by atoms with E-state index in [4.69, 9.17) is 4.74 Å². The molecule has 0 saturated carbocycles. The summed E-state index contributed by atoms with van der Waals surface area (Å²) in [4.78, 5) is 11.1. The Balaban J connectivity index is 2.60. The second-order valence-corrected chi connectivity index (χ2v) is 3.20. The molecule has 1 N–H and O–H groups in total. The second-order valence-electron chi connectivity index (χ2n) is 3.20. The Bertz CT molecular complexity index is 243. The molecule has 0 aromatic carbocycles. The van der Waals surface area contributed by atoms with Crippen molar-refractivity contribution in [2.24, 2.45) is 0 Å². The third-order valence-electron chi connectivity index (χ3n) is 1.88. The van der Waals surface area contributed by atoms with E-state index in [1.54, 1.807) is 12.2 Å². The third kappa shape index (κ3) is 2.70.